The highest BCUT2D eigenvalue weighted by Gasteiger charge is 2.30. The average molecular weight is 303 g/mol. The SMILES string of the molecule is O=C(O)CC1=Cc2ccc(Br)cc2S1(=O)=O. The van der Waals surface area contributed by atoms with Gasteiger partial charge in [0.1, 0.15) is 0 Å². The minimum Gasteiger partial charge on any atom is -0.481 e. The van der Waals surface area contributed by atoms with Crippen LogP contribution >= 0.6 is 15.9 Å². The molecule has 0 amide bonds. The van der Waals surface area contributed by atoms with E-state index < -0.39 is 22.2 Å². The largest absolute Gasteiger partial charge is 0.481 e. The van der Waals surface area contributed by atoms with E-state index in [-0.39, 0.29) is 9.80 Å². The van der Waals surface area contributed by atoms with E-state index in [1.807, 2.05) is 0 Å². The number of halogens is 1. The first kappa shape index (κ1) is 11.3. The van der Waals surface area contributed by atoms with E-state index in [1.165, 1.54) is 12.1 Å². The summed E-state index contributed by atoms with van der Waals surface area (Å²) in [6, 6.07) is 4.84. The van der Waals surface area contributed by atoms with Gasteiger partial charge in [-0.2, -0.15) is 0 Å². The molecule has 0 unspecified atom stereocenters. The topological polar surface area (TPSA) is 71.4 Å². The number of hydrogen-bond donors (Lipinski definition) is 1. The van der Waals surface area contributed by atoms with Crippen LogP contribution < -0.4 is 0 Å². The van der Waals surface area contributed by atoms with E-state index in [1.54, 1.807) is 12.1 Å². The molecule has 1 aromatic rings. The minimum atomic E-state index is -3.61. The van der Waals surface area contributed by atoms with E-state index in [9.17, 15) is 13.2 Å². The Balaban J connectivity index is 2.56. The molecular formula is C10H7BrO4S. The number of aliphatic carboxylic acids is 1. The second-order valence-corrected chi connectivity index (χ2v) is 6.25. The Morgan fingerprint density at radius 3 is 2.69 bits per heavy atom. The maximum atomic E-state index is 11.9. The fourth-order valence-corrected chi connectivity index (χ4v) is 3.66. The van der Waals surface area contributed by atoms with Crippen molar-refractivity contribution in [2.24, 2.45) is 0 Å². The Labute approximate surface area is 101 Å². The van der Waals surface area contributed by atoms with Gasteiger partial charge in [-0.05, 0) is 23.8 Å². The molecule has 2 rings (SSSR count). The summed E-state index contributed by atoms with van der Waals surface area (Å²) in [5, 5.41) is 8.63. The van der Waals surface area contributed by atoms with Crippen molar-refractivity contribution in [3.63, 3.8) is 0 Å². The third kappa shape index (κ3) is 1.78. The van der Waals surface area contributed by atoms with Gasteiger partial charge in [0, 0.05) is 4.47 Å². The maximum Gasteiger partial charge on any atom is 0.308 e. The van der Waals surface area contributed by atoms with Crippen molar-refractivity contribution in [3.8, 4) is 0 Å². The summed E-state index contributed by atoms with van der Waals surface area (Å²) >= 11 is 3.18. The lowest BCUT2D eigenvalue weighted by molar-refractivity contribution is -0.136. The molecule has 1 N–H and O–H groups in total. The summed E-state index contributed by atoms with van der Waals surface area (Å²) in [4.78, 5) is 10.6. The normalized spacial score (nSPS) is 16.7. The van der Waals surface area contributed by atoms with Gasteiger partial charge in [0.2, 0.25) is 9.84 Å². The number of carbonyl (C=O) groups is 1. The van der Waals surface area contributed by atoms with Crippen LogP contribution in [0.4, 0.5) is 0 Å². The van der Waals surface area contributed by atoms with Gasteiger partial charge in [-0.25, -0.2) is 8.42 Å². The molecule has 0 saturated heterocycles. The van der Waals surface area contributed by atoms with Gasteiger partial charge in [0.05, 0.1) is 16.2 Å². The molecule has 0 radical (unpaired) electrons. The molecule has 0 saturated carbocycles. The molecule has 0 atom stereocenters. The van der Waals surface area contributed by atoms with Crippen molar-refractivity contribution in [3.05, 3.63) is 33.1 Å². The first-order valence-electron chi connectivity index (χ1n) is 4.38. The molecule has 0 aliphatic carbocycles. The lowest BCUT2D eigenvalue weighted by atomic mass is 10.2. The average Bonchev–Trinajstić information content (AvgIpc) is 2.40. The molecule has 0 spiro atoms. The fourth-order valence-electron chi connectivity index (χ4n) is 1.55. The van der Waals surface area contributed by atoms with Gasteiger partial charge in [-0.3, -0.25) is 4.79 Å². The smallest absolute Gasteiger partial charge is 0.308 e. The molecule has 1 aliphatic rings. The first-order valence-corrected chi connectivity index (χ1v) is 6.66. The van der Waals surface area contributed by atoms with E-state index in [2.05, 4.69) is 15.9 Å². The van der Waals surface area contributed by atoms with Crippen LogP contribution in [0.1, 0.15) is 12.0 Å². The Bertz CT molecular complexity index is 601. The van der Waals surface area contributed by atoms with Gasteiger partial charge in [0.15, 0.2) is 0 Å². The number of carboxylic acid groups (broad SMARTS) is 1. The van der Waals surface area contributed by atoms with Gasteiger partial charge in [0.25, 0.3) is 0 Å². The highest BCUT2D eigenvalue weighted by Crippen LogP contribution is 2.35. The van der Waals surface area contributed by atoms with Gasteiger partial charge >= 0.3 is 5.97 Å². The fraction of sp³-hybridized carbons (Fsp3) is 0.100. The highest BCUT2D eigenvalue weighted by molar-refractivity contribution is 9.10. The van der Waals surface area contributed by atoms with Crippen molar-refractivity contribution in [2.45, 2.75) is 11.3 Å². The second kappa shape index (κ2) is 3.71. The molecular weight excluding hydrogens is 296 g/mol. The van der Waals surface area contributed by atoms with Gasteiger partial charge in [-0.15, -0.1) is 0 Å². The monoisotopic (exact) mass is 302 g/mol. The third-order valence-electron chi connectivity index (χ3n) is 2.25. The Morgan fingerprint density at radius 1 is 1.38 bits per heavy atom. The number of benzene rings is 1. The van der Waals surface area contributed by atoms with Crippen LogP contribution in [0, 0.1) is 0 Å². The Hall–Kier alpha value is -1.14. The third-order valence-corrected chi connectivity index (χ3v) is 4.63. The summed E-state index contributed by atoms with van der Waals surface area (Å²) in [7, 11) is -3.61. The standard InChI is InChI=1S/C10H7BrO4S/c11-7-2-1-6-3-8(5-10(12)13)16(14,15)9(6)4-7/h1-4H,5H2,(H,12,13). The predicted octanol–water partition coefficient (Wildman–Crippen LogP) is 2.05. The van der Waals surface area contributed by atoms with Gasteiger partial charge in [-0.1, -0.05) is 22.0 Å². The summed E-state index contributed by atoms with van der Waals surface area (Å²) in [5.41, 5.74) is 0.541. The van der Waals surface area contributed by atoms with Crippen molar-refractivity contribution >= 4 is 37.8 Å². The van der Waals surface area contributed by atoms with Crippen molar-refractivity contribution in [1.29, 1.82) is 0 Å². The number of carboxylic acids is 1. The summed E-state index contributed by atoms with van der Waals surface area (Å²) < 4.78 is 24.5. The van der Waals surface area contributed by atoms with Crippen molar-refractivity contribution in [1.82, 2.24) is 0 Å². The Kier molecular flexibility index (Phi) is 2.63. The van der Waals surface area contributed by atoms with Crippen LogP contribution in [-0.2, 0) is 14.6 Å². The molecule has 1 aliphatic heterocycles. The number of rotatable bonds is 2. The Morgan fingerprint density at radius 2 is 2.06 bits per heavy atom. The number of fused-ring (bicyclic) bond motifs is 1. The lowest BCUT2D eigenvalue weighted by Gasteiger charge is -2.01. The molecule has 0 bridgehead atoms. The quantitative estimate of drug-likeness (QED) is 0.907. The van der Waals surface area contributed by atoms with Crippen LogP contribution in [-0.4, -0.2) is 19.5 Å². The van der Waals surface area contributed by atoms with E-state index in [4.69, 9.17) is 5.11 Å². The predicted molar refractivity (Wildman–Crippen MR) is 61.6 cm³/mol. The first-order chi connectivity index (χ1) is 7.41. The highest BCUT2D eigenvalue weighted by atomic mass is 79.9. The second-order valence-electron chi connectivity index (χ2n) is 3.37. The summed E-state index contributed by atoms with van der Waals surface area (Å²) in [6.45, 7) is 0. The van der Waals surface area contributed by atoms with Crippen molar-refractivity contribution in [2.75, 3.05) is 0 Å². The molecule has 0 aromatic heterocycles. The molecule has 84 valence electrons. The van der Waals surface area contributed by atoms with Crippen LogP contribution in [0.25, 0.3) is 6.08 Å². The number of sulfone groups is 1. The molecule has 1 heterocycles. The van der Waals surface area contributed by atoms with E-state index in [0.29, 0.717) is 10.0 Å². The zero-order chi connectivity index (χ0) is 11.9. The molecule has 4 nitrogen and oxygen atoms in total. The van der Waals surface area contributed by atoms with E-state index in [0.717, 1.165) is 0 Å². The van der Waals surface area contributed by atoms with E-state index >= 15 is 0 Å². The summed E-state index contributed by atoms with van der Waals surface area (Å²) in [5.74, 6) is -1.15. The number of hydrogen-bond acceptors (Lipinski definition) is 3. The zero-order valence-electron chi connectivity index (χ0n) is 7.97. The van der Waals surface area contributed by atoms with Crippen LogP contribution in [0.15, 0.2) is 32.5 Å². The van der Waals surface area contributed by atoms with Crippen LogP contribution in [0.2, 0.25) is 0 Å². The molecule has 16 heavy (non-hydrogen) atoms. The van der Waals surface area contributed by atoms with Crippen LogP contribution in [0.5, 0.6) is 0 Å². The molecule has 1 aromatic carbocycles. The molecule has 6 heteroatoms. The van der Waals surface area contributed by atoms with Gasteiger partial charge < -0.3 is 5.11 Å². The van der Waals surface area contributed by atoms with Crippen LogP contribution in [0.3, 0.4) is 0 Å². The maximum absolute atomic E-state index is 11.9. The zero-order valence-corrected chi connectivity index (χ0v) is 10.4. The van der Waals surface area contributed by atoms with Crippen molar-refractivity contribution < 1.29 is 18.3 Å². The lowest BCUT2D eigenvalue weighted by Crippen LogP contribution is -2.05. The molecule has 0 fully saturated rings. The summed E-state index contributed by atoms with van der Waals surface area (Å²) in [6.07, 6.45) is 0.930. The minimum absolute atomic E-state index is 0.0619.